The van der Waals surface area contributed by atoms with E-state index in [1.807, 2.05) is 25.1 Å². The van der Waals surface area contributed by atoms with Gasteiger partial charge in [-0.1, -0.05) is 40.9 Å². The Morgan fingerprint density at radius 2 is 1.96 bits per heavy atom. The topological polar surface area (TPSA) is 39.7 Å². The van der Waals surface area contributed by atoms with Crippen LogP contribution >= 0.6 is 34.8 Å². The van der Waals surface area contributed by atoms with E-state index in [1.54, 1.807) is 12.1 Å². The Kier molecular flexibility index (Phi) is 8.12. The number of halogens is 3. The van der Waals surface area contributed by atoms with Gasteiger partial charge < -0.3 is 19.5 Å². The van der Waals surface area contributed by atoms with Gasteiger partial charge in [-0.15, -0.1) is 0 Å². The van der Waals surface area contributed by atoms with E-state index in [2.05, 4.69) is 5.32 Å². The van der Waals surface area contributed by atoms with Crippen molar-refractivity contribution < 1.29 is 14.2 Å². The third kappa shape index (κ3) is 5.91. The molecule has 3 rings (SSSR count). The van der Waals surface area contributed by atoms with E-state index < -0.39 is 0 Å². The van der Waals surface area contributed by atoms with Crippen LogP contribution in [0.5, 0.6) is 11.5 Å². The van der Waals surface area contributed by atoms with Gasteiger partial charge >= 0.3 is 0 Å². The van der Waals surface area contributed by atoms with Crippen LogP contribution in [0.4, 0.5) is 0 Å². The summed E-state index contributed by atoms with van der Waals surface area (Å²) in [4.78, 5) is 0. The lowest BCUT2D eigenvalue weighted by Crippen LogP contribution is -2.25. The Morgan fingerprint density at radius 1 is 1.11 bits per heavy atom. The first-order chi connectivity index (χ1) is 13.6. The van der Waals surface area contributed by atoms with Gasteiger partial charge in [-0.25, -0.2) is 0 Å². The highest BCUT2D eigenvalue weighted by Gasteiger charge is 2.16. The van der Waals surface area contributed by atoms with Gasteiger partial charge in [-0.05, 0) is 49.6 Å². The maximum atomic E-state index is 6.50. The van der Waals surface area contributed by atoms with Crippen LogP contribution in [0.25, 0.3) is 0 Å². The summed E-state index contributed by atoms with van der Waals surface area (Å²) in [6, 6.07) is 9.15. The average Bonchev–Trinajstić information content (AvgIpc) is 3.16. The van der Waals surface area contributed by atoms with Gasteiger partial charge in [0.25, 0.3) is 0 Å². The number of benzene rings is 2. The van der Waals surface area contributed by atoms with E-state index in [0.29, 0.717) is 45.8 Å². The van der Waals surface area contributed by atoms with Crippen molar-refractivity contribution in [3.8, 4) is 11.5 Å². The normalized spacial score (nSPS) is 16.4. The van der Waals surface area contributed by atoms with Gasteiger partial charge in [0.05, 0.1) is 17.7 Å². The van der Waals surface area contributed by atoms with Crippen molar-refractivity contribution in [2.24, 2.45) is 0 Å². The smallest absolute Gasteiger partial charge is 0.180 e. The molecule has 0 spiro atoms. The van der Waals surface area contributed by atoms with Crippen LogP contribution < -0.4 is 14.8 Å². The summed E-state index contributed by atoms with van der Waals surface area (Å²) < 4.78 is 17.3. The molecule has 1 aliphatic rings. The molecule has 2 aromatic carbocycles. The zero-order valence-corrected chi connectivity index (χ0v) is 18.0. The molecule has 2 aromatic rings. The summed E-state index contributed by atoms with van der Waals surface area (Å²) in [5.41, 5.74) is 1.86. The van der Waals surface area contributed by atoms with E-state index in [0.717, 1.165) is 37.1 Å². The van der Waals surface area contributed by atoms with Crippen LogP contribution in [0.3, 0.4) is 0 Å². The Bertz CT molecular complexity index is 795. The number of nitrogens with one attached hydrogen (secondary N) is 1. The Labute approximate surface area is 181 Å². The van der Waals surface area contributed by atoms with E-state index in [4.69, 9.17) is 49.0 Å². The van der Waals surface area contributed by atoms with E-state index in [1.165, 1.54) is 0 Å². The van der Waals surface area contributed by atoms with Crippen LogP contribution in [0.2, 0.25) is 15.1 Å². The first kappa shape index (κ1) is 21.5. The molecule has 0 aromatic heterocycles. The van der Waals surface area contributed by atoms with Crippen molar-refractivity contribution in [3.63, 3.8) is 0 Å². The number of hydrogen-bond acceptors (Lipinski definition) is 4. The second kappa shape index (κ2) is 10.6. The van der Waals surface area contributed by atoms with Crippen molar-refractivity contribution in [2.75, 3.05) is 19.8 Å². The average molecular weight is 445 g/mol. The van der Waals surface area contributed by atoms with Crippen LogP contribution in [0, 0.1) is 0 Å². The second-order valence-corrected chi connectivity index (χ2v) is 7.88. The predicted octanol–water partition coefficient (Wildman–Crippen LogP) is 5.89. The molecule has 152 valence electrons. The molecule has 7 heteroatoms. The first-order valence-corrected chi connectivity index (χ1v) is 10.5. The van der Waals surface area contributed by atoms with Gasteiger partial charge in [0.1, 0.15) is 6.61 Å². The summed E-state index contributed by atoms with van der Waals surface area (Å²) >= 11 is 18.7. The van der Waals surface area contributed by atoms with Gasteiger partial charge in [-0.3, -0.25) is 0 Å². The summed E-state index contributed by atoms with van der Waals surface area (Å²) in [7, 11) is 0. The van der Waals surface area contributed by atoms with Crippen LogP contribution in [-0.4, -0.2) is 25.9 Å². The van der Waals surface area contributed by atoms with E-state index >= 15 is 0 Å². The van der Waals surface area contributed by atoms with Crippen LogP contribution in [0.1, 0.15) is 30.9 Å². The summed E-state index contributed by atoms with van der Waals surface area (Å²) in [6.45, 7) is 5.08. The highest BCUT2D eigenvalue weighted by Crippen LogP contribution is 2.37. The van der Waals surface area contributed by atoms with Gasteiger partial charge in [0, 0.05) is 35.3 Å². The molecule has 1 unspecified atom stereocenters. The third-order valence-corrected chi connectivity index (χ3v) is 5.35. The van der Waals surface area contributed by atoms with Crippen molar-refractivity contribution >= 4 is 34.8 Å². The summed E-state index contributed by atoms with van der Waals surface area (Å²) in [5, 5.41) is 5.06. The summed E-state index contributed by atoms with van der Waals surface area (Å²) in [5.74, 6) is 1.13. The lowest BCUT2D eigenvalue weighted by molar-refractivity contribution is 0.110. The highest BCUT2D eigenvalue weighted by molar-refractivity contribution is 6.35. The molecule has 0 bridgehead atoms. The lowest BCUT2D eigenvalue weighted by atomic mass is 10.2. The molecule has 1 saturated heterocycles. The molecule has 1 N–H and O–H groups in total. The monoisotopic (exact) mass is 443 g/mol. The van der Waals surface area contributed by atoms with Gasteiger partial charge in [-0.2, -0.15) is 0 Å². The molecule has 0 saturated carbocycles. The molecule has 1 aliphatic heterocycles. The molecular weight excluding hydrogens is 421 g/mol. The molecule has 1 heterocycles. The number of ether oxygens (including phenoxy) is 3. The molecule has 28 heavy (non-hydrogen) atoms. The van der Waals surface area contributed by atoms with E-state index in [-0.39, 0.29) is 6.61 Å². The minimum atomic E-state index is 0.270. The Balaban J connectivity index is 1.67. The number of rotatable bonds is 9. The standard InChI is InChI=1S/C21H24Cl3NO3/c1-2-26-20-9-14(11-25-12-17-4-3-7-27-17)8-19(24)21(20)28-13-15-5-6-16(22)10-18(15)23/h5-6,8-10,17,25H,2-4,7,11-13H2,1H3. The Hall–Kier alpha value is -1.17. The maximum Gasteiger partial charge on any atom is 0.180 e. The fourth-order valence-corrected chi connectivity index (χ4v) is 3.85. The molecule has 0 radical (unpaired) electrons. The van der Waals surface area contributed by atoms with Crippen molar-refractivity contribution in [1.82, 2.24) is 5.32 Å². The SMILES string of the molecule is CCOc1cc(CNCC2CCCO2)cc(Cl)c1OCc1ccc(Cl)cc1Cl. The van der Waals surface area contributed by atoms with Crippen LogP contribution in [0.15, 0.2) is 30.3 Å². The quantitative estimate of drug-likeness (QED) is 0.523. The molecule has 0 aliphatic carbocycles. The second-order valence-electron chi connectivity index (χ2n) is 6.63. The minimum Gasteiger partial charge on any atom is -0.490 e. The maximum absolute atomic E-state index is 6.50. The van der Waals surface area contributed by atoms with Crippen LogP contribution in [-0.2, 0) is 17.9 Å². The molecule has 1 atom stereocenters. The third-order valence-electron chi connectivity index (χ3n) is 4.48. The Morgan fingerprint density at radius 3 is 2.68 bits per heavy atom. The van der Waals surface area contributed by atoms with Gasteiger partial charge in [0.2, 0.25) is 0 Å². The molecule has 1 fully saturated rings. The predicted molar refractivity (Wildman–Crippen MR) is 114 cm³/mol. The first-order valence-electron chi connectivity index (χ1n) is 9.41. The summed E-state index contributed by atoms with van der Waals surface area (Å²) in [6.07, 6.45) is 2.54. The fraction of sp³-hybridized carbons (Fsp3) is 0.429. The molecule has 4 nitrogen and oxygen atoms in total. The fourth-order valence-electron chi connectivity index (χ4n) is 3.10. The molecule has 0 amide bonds. The zero-order valence-electron chi connectivity index (χ0n) is 15.8. The van der Waals surface area contributed by atoms with Crippen molar-refractivity contribution in [1.29, 1.82) is 0 Å². The van der Waals surface area contributed by atoms with Gasteiger partial charge in [0.15, 0.2) is 11.5 Å². The molecular formula is C21H24Cl3NO3. The van der Waals surface area contributed by atoms with Crippen molar-refractivity contribution in [3.05, 3.63) is 56.5 Å². The number of hydrogen-bond donors (Lipinski definition) is 1. The van der Waals surface area contributed by atoms with E-state index in [9.17, 15) is 0 Å². The largest absolute Gasteiger partial charge is 0.490 e. The lowest BCUT2D eigenvalue weighted by Gasteiger charge is -2.17. The van der Waals surface area contributed by atoms with Crippen molar-refractivity contribution in [2.45, 2.75) is 39.0 Å². The minimum absolute atomic E-state index is 0.270. The zero-order chi connectivity index (χ0) is 19.9. The highest BCUT2D eigenvalue weighted by atomic mass is 35.5.